The zero-order chi connectivity index (χ0) is 23.3. The van der Waals surface area contributed by atoms with Gasteiger partial charge < -0.3 is 20.1 Å². The van der Waals surface area contributed by atoms with E-state index < -0.39 is 11.4 Å². The Hall–Kier alpha value is -2.13. The van der Waals surface area contributed by atoms with Gasteiger partial charge in [-0.2, -0.15) is 0 Å². The molecule has 0 saturated carbocycles. The van der Waals surface area contributed by atoms with Crippen LogP contribution in [0.5, 0.6) is 0 Å². The molecule has 0 unspecified atom stereocenters. The monoisotopic (exact) mass is 476 g/mol. The Balaban J connectivity index is 1.51. The average molecular weight is 477 g/mol. The lowest BCUT2D eigenvalue weighted by Gasteiger charge is -2.36. The number of hydrogen-bond acceptors (Lipinski definition) is 7. The summed E-state index contributed by atoms with van der Waals surface area (Å²) < 4.78 is 25.7. The number of aromatic nitrogens is 2. The van der Waals surface area contributed by atoms with Crippen molar-refractivity contribution in [1.29, 1.82) is 0 Å². The van der Waals surface area contributed by atoms with Crippen molar-refractivity contribution >= 4 is 23.2 Å². The second kappa shape index (κ2) is 10.9. The second-order valence-electron chi connectivity index (χ2n) is 8.72. The van der Waals surface area contributed by atoms with Crippen LogP contribution in [0.1, 0.15) is 31.4 Å². The first kappa shape index (κ1) is 24.0. The van der Waals surface area contributed by atoms with Crippen LogP contribution < -0.4 is 10.6 Å². The van der Waals surface area contributed by atoms with Crippen LogP contribution in [0.25, 0.3) is 11.3 Å². The van der Waals surface area contributed by atoms with Crippen LogP contribution in [0.15, 0.2) is 24.4 Å². The Kier molecular flexibility index (Phi) is 7.90. The van der Waals surface area contributed by atoms with Gasteiger partial charge in [-0.3, -0.25) is 9.78 Å². The summed E-state index contributed by atoms with van der Waals surface area (Å²) in [7, 11) is 1.66. The molecule has 0 aliphatic carbocycles. The number of carbonyl (C=O) groups excluding carboxylic acids is 1. The standard InChI is InChI=1S/C24H30ClFN4O3/c1-32-24(6-9-33-10-7-24)15-29-23-20(26)4-5-21(30-23)18-11-17(28-14-19(18)25)12-22(31)16-3-2-8-27-13-16/h4-5,11,14,16,27H,2-3,6-10,12-13,15H2,1H3,(H,29,30)/t16-/m1/s1. The first-order valence-corrected chi connectivity index (χ1v) is 11.8. The van der Waals surface area contributed by atoms with Gasteiger partial charge in [0.15, 0.2) is 11.6 Å². The molecule has 1 atom stereocenters. The zero-order valence-electron chi connectivity index (χ0n) is 18.8. The number of piperidine rings is 1. The van der Waals surface area contributed by atoms with Crippen LogP contribution >= 0.6 is 11.6 Å². The molecule has 2 aliphatic rings. The maximum absolute atomic E-state index is 14.5. The predicted octanol–water partition coefficient (Wildman–Crippen LogP) is 3.65. The number of hydrogen-bond donors (Lipinski definition) is 2. The number of anilines is 1. The molecule has 0 spiro atoms. The molecule has 4 heterocycles. The van der Waals surface area contributed by atoms with E-state index in [-0.39, 0.29) is 23.9 Å². The molecular formula is C24H30ClFN4O3. The summed E-state index contributed by atoms with van der Waals surface area (Å²) in [5, 5.41) is 6.78. The molecule has 2 fully saturated rings. The summed E-state index contributed by atoms with van der Waals surface area (Å²) in [6.45, 7) is 3.30. The minimum atomic E-state index is -0.456. The van der Waals surface area contributed by atoms with Crippen LogP contribution in [0.3, 0.4) is 0 Å². The van der Waals surface area contributed by atoms with Crippen molar-refractivity contribution in [1.82, 2.24) is 15.3 Å². The van der Waals surface area contributed by atoms with E-state index in [0.29, 0.717) is 48.3 Å². The van der Waals surface area contributed by atoms with Gasteiger partial charge in [0, 0.05) is 76.0 Å². The van der Waals surface area contributed by atoms with Gasteiger partial charge in [-0.1, -0.05) is 11.6 Å². The molecule has 2 aliphatic heterocycles. The van der Waals surface area contributed by atoms with Crippen LogP contribution in [0.2, 0.25) is 5.02 Å². The number of carbonyl (C=O) groups is 1. The van der Waals surface area contributed by atoms with Gasteiger partial charge in [-0.15, -0.1) is 0 Å². The fraction of sp³-hybridized carbons (Fsp3) is 0.542. The van der Waals surface area contributed by atoms with Crippen molar-refractivity contribution in [3.8, 4) is 11.3 Å². The molecule has 0 radical (unpaired) electrons. The van der Waals surface area contributed by atoms with Gasteiger partial charge in [0.2, 0.25) is 0 Å². The number of Topliss-reactive ketones (excluding diaryl/α,β-unsaturated/α-hetero) is 1. The largest absolute Gasteiger partial charge is 0.381 e. The van der Waals surface area contributed by atoms with E-state index in [1.165, 1.54) is 12.3 Å². The van der Waals surface area contributed by atoms with E-state index in [1.54, 1.807) is 19.2 Å². The molecule has 178 valence electrons. The summed E-state index contributed by atoms with van der Waals surface area (Å²) in [5.41, 5.74) is 1.34. The van der Waals surface area contributed by atoms with Gasteiger partial charge in [0.05, 0.1) is 16.3 Å². The molecule has 0 aromatic carbocycles. The molecule has 2 saturated heterocycles. The van der Waals surface area contributed by atoms with Crippen LogP contribution in [-0.2, 0) is 20.7 Å². The number of rotatable bonds is 8. The van der Waals surface area contributed by atoms with Gasteiger partial charge >= 0.3 is 0 Å². The van der Waals surface area contributed by atoms with Crippen molar-refractivity contribution < 1.29 is 18.7 Å². The first-order chi connectivity index (χ1) is 16.0. The number of methoxy groups -OCH3 is 1. The third-order valence-electron chi connectivity index (χ3n) is 6.56. The molecule has 2 N–H and O–H groups in total. The lowest BCUT2D eigenvalue weighted by atomic mass is 9.92. The van der Waals surface area contributed by atoms with Crippen LogP contribution in [0.4, 0.5) is 10.2 Å². The van der Waals surface area contributed by atoms with Gasteiger partial charge in [-0.05, 0) is 37.6 Å². The molecular weight excluding hydrogens is 447 g/mol. The SMILES string of the molecule is COC1(CNc2nc(-c3cc(CC(=O)[C@@H]4CCCNC4)ncc3Cl)ccc2F)CCOCC1. The van der Waals surface area contributed by atoms with Gasteiger partial charge in [0.25, 0.3) is 0 Å². The maximum Gasteiger partial charge on any atom is 0.165 e. The Morgan fingerprint density at radius 3 is 2.94 bits per heavy atom. The number of ketones is 1. The van der Waals surface area contributed by atoms with Crippen molar-refractivity contribution in [2.24, 2.45) is 5.92 Å². The van der Waals surface area contributed by atoms with E-state index in [4.69, 9.17) is 21.1 Å². The maximum atomic E-state index is 14.5. The molecule has 0 bridgehead atoms. The summed E-state index contributed by atoms with van der Waals surface area (Å²) in [5.74, 6) is -0.145. The highest BCUT2D eigenvalue weighted by atomic mass is 35.5. The van der Waals surface area contributed by atoms with Gasteiger partial charge in [0.1, 0.15) is 5.78 Å². The third-order valence-corrected chi connectivity index (χ3v) is 6.86. The molecule has 2 aromatic rings. The number of nitrogens with zero attached hydrogens (tertiary/aromatic N) is 2. The summed E-state index contributed by atoms with van der Waals surface area (Å²) in [4.78, 5) is 21.5. The lowest BCUT2D eigenvalue weighted by Crippen LogP contribution is -2.44. The minimum Gasteiger partial charge on any atom is -0.381 e. The highest BCUT2D eigenvalue weighted by molar-refractivity contribution is 6.33. The van der Waals surface area contributed by atoms with E-state index in [0.717, 1.165) is 32.2 Å². The topological polar surface area (TPSA) is 85.4 Å². The number of ether oxygens (including phenoxy) is 2. The zero-order valence-corrected chi connectivity index (χ0v) is 19.6. The average Bonchev–Trinajstić information content (AvgIpc) is 2.86. The third kappa shape index (κ3) is 5.87. The van der Waals surface area contributed by atoms with Crippen molar-refractivity contribution in [2.45, 2.75) is 37.7 Å². The Bertz CT molecular complexity index is 978. The number of nitrogens with one attached hydrogen (secondary N) is 2. The quantitative estimate of drug-likeness (QED) is 0.601. The van der Waals surface area contributed by atoms with E-state index in [1.807, 2.05) is 0 Å². The van der Waals surface area contributed by atoms with Crippen molar-refractivity contribution in [2.75, 3.05) is 45.3 Å². The summed E-state index contributed by atoms with van der Waals surface area (Å²) in [6, 6.07) is 4.72. The molecule has 33 heavy (non-hydrogen) atoms. The summed E-state index contributed by atoms with van der Waals surface area (Å²) in [6.07, 6.45) is 5.11. The molecule has 4 rings (SSSR count). The lowest BCUT2D eigenvalue weighted by molar-refractivity contribution is -0.122. The van der Waals surface area contributed by atoms with Crippen LogP contribution in [-0.4, -0.2) is 61.3 Å². The van der Waals surface area contributed by atoms with Crippen molar-refractivity contribution in [3.05, 3.63) is 40.9 Å². The number of halogens is 2. The number of pyridine rings is 2. The molecule has 9 heteroatoms. The predicted molar refractivity (Wildman–Crippen MR) is 125 cm³/mol. The van der Waals surface area contributed by atoms with Crippen molar-refractivity contribution in [3.63, 3.8) is 0 Å². The molecule has 2 aromatic heterocycles. The highest BCUT2D eigenvalue weighted by Gasteiger charge is 2.32. The Labute approximate surface area is 198 Å². The van der Waals surface area contributed by atoms with E-state index >= 15 is 0 Å². The van der Waals surface area contributed by atoms with Crippen LogP contribution in [0, 0.1) is 11.7 Å². The molecule has 7 nitrogen and oxygen atoms in total. The smallest absolute Gasteiger partial charge is 0.165 e. The first-order valence-electron chi connectivity index (χ1n) is 11.4. The summed E-state index contributed by atoms with van der Waals surface area (Å²) >= 11 is 6.41. The fourth-order valence-electron chi connectivity index (χ4n) is 4.38. The minimum absolute atomic E-state index is 0.0118. The Morgan fingerprint density at radius 1 is 1.39 bits per heavy atom. The Morgan fingerprint density at radius 2 is 2.21 bits per heavy atom. The normalized spacial score (nSPS) is 20.4. The highest BCUT2D eigenvalue weighted by Crippen LogP contribution is 2.30. The molecule has 0 amide bonds. The second-order valence-corrected chi connectivity index (χ2v) is 9.13. The fourth-order valence-corrected chi connectivity index (χ4v) is 4.58. The van der Waals surface area contributed by atoms with E-state index in [9.17, 15) is 9.18 Å². The van der Waals surface area contributed by atoms with E-state index in [2.05, 4.69) is 20.6 Å². The van der Waals surface area contributed by atoms with Gasteiger partial charge in [-0.25, -0.2) is 9.37 Å².